The van der Waals surface area contributed by atoms with Gasteiger partial charge in [-0.2, -0.15) is 13.2 Å². The largest absolute Gasteiger partial charge is 0.423 e. The zero-order valence-corrected chi connectivity index (χ0v) is 9.68. The second kappa shape index (κ2) is 4.04. The van der Waals surface area contributed by atoms with E-state index in [0.29, 0.717) is 17.3 Å². The molecular formula is C12H10F3NO2. The second-order valence-electron chi connectivity index (χ2n) is 3.89. The Hall–Kier alpha value is -1.98. The van der Waals surface area contributed by atoms with E-state index in [1.807, 2.05) is 0 Å². The number of aryl methyl sites for hydroxylation is 1. The topological polar surface area (TPSA) is 42.2 Å². The summed E-state index contributed by atoms with van der Waals surface area (Å²) in [7, 11) is 1.63. The lowest BCUT2D eigenvalue weighted by molar-refractivity contribution is -0.136. The molecule has 96 valence electrons. The number of alkyl halides is 3. The van der Waals surface area contributed by atoms with E-state index in [9.17, 15) is 18.0 Å². The number of nitrogens with one attached hydrogen (secondary N) is 1. The van der Waals surface area contributed by atoms with Crippen LogP contribution in [0.5, 0.6) is 0 Å². The first kappa shape index (κ1) is 12.5. The van der Waals surface area contributed by atoms with Crippen LogP contribution in [0.4, 0.5) is 18.9 Å². The predicted octanol–water partition coefficient (Wildman–Crippen LogP) is 3.16. The highest BCUT2D eigenvalue weighted by atomic mass is 19.4. The van der Waals surface area contributed by atoms with Crippen molar-refractivity contribution in [3.63, 3.8) is 0 Å². The summed E-state index contributed by atoms with van der Waals surface area (Å²) >= 11 is 0. The molecule has 3 nitrogen and oxygen atoms in total. The van der Waals surface area contributed by atoms with Crippen LogP contribution in [-0.2, 0) is 6.18 Å². The first-order valence-corrected chi connectivity index (χ1v) is 5.16. The Balaban J connectivity index is 2.92. The van der Waals surface area contributed by atoms with Crippen LogP contribution in [0.2, 0.25) is 0 Å². The molecule has 0 spiro atoms. The van der Waals surface area contributed by atoms with Crippen LogP contribution in [-0.4, -0.2) is 7.05 Å². The van der Waals surface area contributed by atoms with Crippen LogP contribution in [0.3, 0.4) is 0 Å². The Morgan fingerprint density at radius 3 is 2.44 bits per heavy atom. The number of hydrogen-bond donors (Lipinski definition) is 1. The van der Waals surface area contributed by atoms with Crippen molar-refractivity contribution in [2.45, 2.75) is 13.1 Å². The molecular weight excluding hydrogens is 247 g/mol. The number of benzene rings is 1. The van der Waals surface area contributed by atoms with Gasteiger partial charge in [0.05, 0.1) is 5.56 Å². The molecule has 0 atom stereocenters. The van der Waals surface area contributed by atoms with Crippen molar-refractivity contribution in [2.75, 3.05) is 12.4 Å². The number of anilines is 1. The van der Waals surface area contributed by atoms with E-state index in [1.165, 1.54) is 6.07 Å². The first-order chi connectivity index (χ1) is 8.32. The van der Waals surface area contributed by atoms with Crippen LogP contribution in [0.1, 0.15) is 11.1 Å². The fraction of sp³-hybridized carbons (Fsp3) is 0.250. The molecule has 0 aliphatic heterocycles. The first-order valence-electron chi connectivity index (χ1n) is 5.16. The van der Waals surface area contributed by atoms with Gasteiger partial charge in [0.25, 0.3) is 0 Å². The van der Waals surface area contributed by atoms with E-state index in [0.717, 1.165) is 0 Å². The highest BCUT2D eigenvalue weighted by Gasteiger charge is 2.34. The molecule has 1 aromatic carbocycles. The highest BCUT2D eigenvalue weighted by Crippen LogP contribution is 2.36. The molecule has 0 amide bonds. The highest BCUT2D eigenvalue weighted by molar-refractivity contribution is 5.87. The molecule has 0 aliphatic rings. The smallest absolute Gasteiger partial charge is 0.417 e. The molecule has 0 aliphatic carbocycles. The maximum absolute atomic E-state index is 12.9. The summed E-state index contributed by atoms with van der Waals surface area (Å²) in [5.41, 5.74) is -1.06. The summed E-state index contributed by atoms with van der Waals surface area (Å²) in [6.45, 7) is 1.54. The van der Waals surface area contributed by atoms with E-state index in [2.05, 4.69) is 5.32 Å². The van der Waals surface area contributed by atoms with E-state index in [-0.39, 0.29) is 11.0 Å². The third-order valence-electron chi connectivity index (χ3n) is 2.64. The molecule has 2 rings (SSSR count). The van der Waals surface area contributed by atoms with Crippen molar-refractivity contribution in [3.05, 3.63) is 39.7 Å². The van der Waals surface area contributed by atoms with Crippen molar-refractivity contribution in [1.29, 1.82) is 0 Å². The number of rotatable bonds is 1. The van der Waals surface area contributed by atoms with E-state index < -0.39 is 17.4 Å². The zero-order valence-electron chi connectivity index (χ0n) is 9.68. The molecule has 0 fully saturated rings. The summed E-state index contributed by atoms with van der Waals surface area (Å²) in [5, 5.41) is 2.71. The van der Waals surface area contributed by atoms with Crippen molar-refractivity contribution >= 4 is 16.7 Å². The second-order valence-corrected chi connectivity index (χ2v) is 3.89. The molecule has 2 aromatic rings. The summed E-state index contributed by atoms with van der Waals surface area (Å²) in [6, 6.07) is 3.42. The van der Waals surface area contributed by atoms with Crippen molar-refractivity contribution < 1.29 is 17.6 Å². The van der Waals surface area contributed by atoms with Crippen LogP contribution < -0.4 is 10.9 Å². The quantitative estimate of drug-likeness (QED) is 0.798. The lowest BCUT2D eigenvalue weighted by Crippen LogP contribution is -2.11. The molecule has 0 bridgehead atoms. The minimum atomic E-state index is -4.58. The normalized spacial score (nSPS) is 11.8. The van der Waals surface area contributed by atoms with Gasteiger partial charge in [0.15, 0.2) is 0 Å². The molecule has 0 saturated carbocycles. The fourth-order valence-electron chi connectivity index (χ4n) is 1.88. The van der Waals surface area contributed by atoms with E-state index in [4.69, 9.17) is 4.42 Å². The Morgan fingerprint density at radius 1 is 1.22 bits per heavy atom. The van der Waals surface area contributed by atoms with E-state index in [1.54, 1.807) is 20.0 Å². The van der Waals surface area contributed by atoms with E-state index >= 15 is 0 Å². The number of halogens is 3. The van der Waals surface area contributed by atoms with Gasteiger partial charge in [-0.1, -0.05) is 0 Å². The zero-order chi connectivity index (χ0) is 13.5. The Labute approximate surface area is 100 Å². The third kappa shape index (κ3) is 2.05. The Morgan fingerprint density at radius 2 is 1.89 bits per heavy atom. The molecule has 1 heterocycles. The summed E-state index contributed by atoms with van der Waals surface area (Å²) in [5.74, 6) is 0. The molecule has 0 saturated heterocycles. The Bertz CT molecular complexity index is 659. The van der Waals surface area contributed by atoms with Crippen molar-refractivity contribution in [2.24, 2.45) is 0 Å². The number of fused-ring (bicyclic) bond motifs is 1. The van der Waals surface area contributed by atoms with Crippen LogP contribution in [0.25, 0.3) is 11.0 Å². The minimum Gasteiger partial charge on any atom is -0.423 e. The minimum absolute atomic E-state index is 0.0702. The van der Waals surface area contributed by atoms with Gasteiger partial charge in [0.1, 0.15) is 5.58 Å². The van der Waals surface area contributed by atoms with Gasteiger partial charge >= 0.3 is 11.8 Å². The predicted molar refractivity (Wildman–Crippen MR) is 61.8 cm³/mol. The summed E-state index contributed by atoms with van der Waals surface area (Å²) < 4.78 is 43.4. The fourth-order valence-corrected chi connectivity index (χ4v) is 1.88. The SMILES string of the molecule is CNc1cc(C)c2c(C(F)(F)F)cc(=O)oc2c1. The summed E-state index contributed by atoms with van der Waals surface area (Å²) in [4.78, 5) is 11.2. The van der Waals surface area contributed by atoms with Gasteiger partial charge in [-0.05, 0) is 18.6 Å². The molecule has 0 radical (unpaired) electrons. The molecule has 6 heteroatoms. The summed E-state index contributed by atoms with van der Waals surface area (Å²) in [6.07, 6.45) is -4.58. The van der Waals surface area contributed by atoms with Crippen molar-refractivity contribution in [1.82, 2.24) is 0 Å². The molecule has 0 unspecified atom stereocenters. The molecule has 1 aromatic heterocycles. The van der Waals surface area contributed by atoms with Crippen LogP contribution >= 0.6 is 0 Å². The lowest BCUT2D eigenvalue weighted by Gasteiger charge is -2.12. The third-order valence-corrected chi connectivity index (χ3v) is 2.64. The van der Waals surface area contributed by atoms with Gasteiger partial charge in [0.2, 0.25) is 0 Å². The lowest BCUT2D eigenvalue weighted by atomic mass is 10.0. The standard InChI is InChI=1S/C12H10F3NO2/c1-6-3-7(16-2)4-9-11(6)8(12(13,14)15)5-10(17)18-9/h3-5,16H,1-2H3. The van der Waals surface area contributed by atoms with Crippen molar-refractivity contribution in [3.8, 4) is 0 Å². The van der Waals surface area contributed by atoms with Gasteiger partial charge < -0.3 is 9.73 Å². The van der Waals surface area contributed by atoms with Gasteiger partial charge in [-0.3, -0.25) is 0 Å². The van der Waals surface area contributed by atoms with Gasteiger partial charge in [0, 0.05) is 30.3 Å². The van der Waals surface area contributed by atoms with Gasteiger partial charge in [-0.15, -0.1) is 0 Å². The average molecular weight is 257 g/mol. The Kier molecular flexibility index (Phi) is 2.80. The molecule has 18 heavy (non-hydrogen) atoms. The maximum Gasteiger partial charge on any atom is 0.417 e. The van der Waals surface area contributed by atoms with Crippen LogP contribution in [0, 0.1) is 6.92 Å². The average Bonchev–Trinajstić information content (AvgIpc) is 2.25. The monoisotopic (exact) mass is 257 g/mol. The maximum atomic E-state index is 12.9. The molecule has 1 N–H and O–H groups in total. The van der Waals surface area contributed by atoms with Gasteiger partial charge in [-0.25, -0.2) is 4.79 Å². The number of hydrogen-bond acceptors (Lipinski definition) is 3. The van der Waals surface area contributed by atoms with Crippen LogP contribution in [0.15, 0.2) is 27.4 Å².